The fraction of sp³-hybridized carbons (Fsp3) is 0.424. The third-order valence-corrected chi connectivity index (χ3v) is 7.41. The maximum atomic E-state index is 13.5. The number of fused-ring (bicyclic) bond motifs is 1. The van der Waals surface area contributed by atoms with E-state index in [0.717, 1.165) is 28.3 Å². The topological polar surface area (TPSA) is 111 Å². The lowest BCUT2D eigenvalue weighted by molar-refractivity contribution is -0.145. The third kappa shape index (κ3) is 8.94. The van der Waals surface area contributed by atoms with E-state index in [1.54, 1.807) is 23.1 Å². The molecule has 0 spiro atoms. The number of hydrogen-bond donors (Lipinski definition) is 4. The van der Waals surface area contributed by atoms with Crippen molar-refractivity contribution in [1.29, 1.82) is 0 Å². The number of nitrogens with one attached hydrogen (secondary N) is 3. The molecular weight excluding hydrogens is 552 g/mol. The summed E-state index contributed by atoms with van der Waals surface area (Å²) >= 11 is 0. The molecular formula is C33H43ClN4O4. The van der Waals surface area contributed by atoms with E-state index in [1.165, 1.54) is 0 Å². The Kier molecular flexibility index (Phi) is 11.8. The molecule has 3 aromatic rings. The Labute approximate surface area is 254 Å². The summed E-state index contributed by atoms with van der Waals surface area (Å²) in [5.41, 5.74) is 1.35. The van der Waals surface area contributed by atoms with E-state index in [9.17, 15) is 19.5 Å². The average molecular weight is 595 g/mol. The van der Waals surface area contributed by atoms with Gasteiger partial charge in [-0.3, -0.25) is 14.4 Å². The van der Waals surface area contributed by atoms with Gasteiger partial charge in [0.1, 0.15) is 17.8 Å². The highest BCUT2D eigenvalue weighted by molar-refractivity contribution is 5.93. The van der Waals surface area contributed by atoms with Crippen molar-refractivity contribution in [3.8, 4) is 5.75 Å². The fourth-order valence-corrected chi connectivity index (χ4v) is 5.24. The molecule has 3 aromatic carbocycles. The van der Waals surface area contributed by atoms with Gasteiger partial charge in [-0.05, 0) is 59.8 Å². The van der Waals surface area contributed by atoms with E-state index in [4.69, 9.17) is 0 Å². The molecule has 4 rings (SSSR count). The van der Waals surface area contributed by atoms with Gasteiger partial charge in [0, 0.05) is 31.5 Å². The van der Waals surface area contributed by atoms with Gasteiger partial charge >= 0.3 is 0 Å². The van der Waals surface area contributed by atoms with E-state index < -0.39 is 17.5 Å². The Hall–Kier alpha value is -3.62. The summed E-state index contributed by atoms with van der Waals surface area (Å²) in [6.45, 7) is 7.88. The van der Waals surface area contributed by atoms with Gasteiger partial charge in [0.25, 0.3) is 0 Å². The maximum absolute atomic E-state index is 13.5. The molecule has 2 atom stereocenters. The van der Waals surface area contributed by atoms with Crippen molar-refractivity contribution in [3.63, 3.8) is 0 Å². The van der Waals surface area contributed by atoms with Crippen molar-refractivity contribution in [2.75, 3.05) is 19.6 Å². The van der Waals surface area contributed by atoms with Crippen LogP contribution < -0.4 is 16.0 Å². The number of likely N-dealkylation sites (tertiary alicyclic amines) is 1. The summed E-state index contributed by atoms with van der Waals surface area (Å²) in [7, 11) is 0. The first-order valence-corrected chi connectivity index (χ1v) is 14.5. The van der Waals surface area contributed by atoms with Crippen molar-refractivity contribution in [1.82, 2.24) is 20.9 Å². The van der Waals surface area contributed by atoms with Gasteiger partial charge in [0.2, 0.25) is 17.7 Å². The van der Waals surface area contributed by atoms with Gasteiger partial charge in [0.05, 0.1) is 0 Å². The summed E-state index contributed by atoms with van der Waals surface area (Å²) in [5.74, 6) is -0.344. The van der Waals surface area contributed by atoms with Gasteiger partial charge in [-0.2, -0.15) is 0 Å². The van der Waals surface area contributed by atoms with Crippen LogP contribution >= 0.6 is 12.4 Å². The van der Waals surface area contributed by atoms with Gasteiger partial charge in [0.15, 0.2) is 0 Å². The lowest BCUT2D eigenvalue weighted by atomic mass is 9.94. The van der Waals surface area contributed by atoms with E-state index >= 15 is 0 Å². The molecule has 1 unspecified atom stereocenters. The van der Waals surface area contributed by atoms with Crippen LogP contribution in [-0.4, -0.2) is 59.4 Å². The largest absolute Gasteiger partial charge is 0.508 e. The number of halogens is 1. The number of nitrogens with zero attached hydrogens (tertiary/aromatic N) is 1. The van der Waals surface area contributed by atoms with Crippen LogP contribution in [0.5, 0.6) is 5.75 Å². The number of hydrogen-bond acceptors (Lipinski definition) is 5. The minimum atomic E-state index is -0.767. The van der Waals surface area contributed by atoms with Gasteiger partial charge in [-0.1, -0.05) is 75.4 Å². The standard InChI is InChI=1S/C33H42N4O4.ClH/c1-33(2,3)32(41)37-18-7-13-29(37)31(40)36-28(21-23-14-15-25-10-4-5-11-26(25)19-23)30(39)35-17-8-16-34-22-24-9-6-12-27(38)20-24;/h4-6,9-12,14-15,19-20,28-29,34,38H,7-8,13,16-18,21-22H2,1-3H3,(H,35,39)(H,36,40);1H/t28-,29?;/m1./s1. The molecule has 8 nitrogen and oxygen atoms in total. The summed E-state index contributed by atoms with van der Waals surface area (Å²) in [5, 5.41) is 21.1. The van der Waals surface area contributed by atoms with Crippen LogP contribution in [-0.2, 0) is 27.3 Å². The van der Waals surface area contributed by atoms with Gasteiger partial charge in [-0.15, -0.1) is 12.4 Å². The van der Waals surface area contributed by atoms with Crippen molar-refractivity contribution >= 4 is 40.9 Å². The Bertz CT molecular complexity index is 1370. The highest BCUT2D eigenvalue weighted by Gasteiger charge is 2.39. The van der Waals surface area contributed by atoms with Crippen LogP contribution in [0, 0.1) is 5.41 Å². The highest BCUT2D eigenvalue weighted by Crippen LogP contribution is 2.26. The van der Waals surface area contributed by atoms with E-state index in [1.807, 2.05) is 63.2 Å². The van der Waals surface area contributed by atoms with E-state index in [-0.39, 0.29) is 35.9 Å². The van der Waals surface area contributed by atoms with Crippen LogP contribution in [0.4, 0.5) is 0 Å². The average Bonchev–Trinajstić information content (AvgIpc) is 3.43. The number of carbonyl (C=O) groups is 3. The van der Waals surface area contributed by atoms with E-state index in [2.05, 4.69) is 22.0 Å². The van der Waals surface area contributed by atoms with Gasteiger partial charge < -0.3 is 26.0 Å². The predicted molar refractivity (Wildman–Crippen MR) is 168 cm³/mol. The molecule has 226 valence electrons. The molecule has 42 heavy (non-hydrogen) atoms. The zero-order valence-electron chi connectivity index (χ0n) is 24.7. The molecule has 1 aliphatic heterocycles. The normalized spacial score (nSPS) is 15.6. The summed E-state index contributed by atoms with van der Waals surface area (Å²) in [4.78, 5) is 41.5. The molecule has 0 bridgehead atoms. The number of phenolic OH excluding ortho intramolecular Hbond substituents is 1. The summed E-state index contributed by atoms with van der Waals surface area (Å²) in [6, 6.07) is 19.9. The number of carbonyl (C=O) groups excluding carboxylic acids is 3. The number of aromatic hydroxyl groups is 1. The molecule has 4 N–H and O–H groups in total. The van der Waals surface area contributed by atoms with Crippen molar-refractivity contribution < 1.29 is 19.5 Å². The third-order valence-electron chi connectivity index (χ3n) is 7.41. The first-order chi connectivity index (χ1) is 19.6. The molecule has 0 saturated carbocycles. The molecule has 1 aliphatic rings. The minimum Gasteiger partial charge on any atom is -0.508 e. The SMILES string of the molecule is CC(C)(C)C(=O)N1CCCC1C(=O)N[C@H](Cc1ccc2ccccc2c1)C(=O)NCCCNCc1cccc(O)c1.Cl. The Morgan fingerprint density at radius 1 is 0.952 bits per heavy atom. The molecule has 1 heterocycles. The molecule has 0 radical (unpaired) electrons. The quantitative estimate of drug-likeness (QED) is 0.247. The number of benzene rings is 3. The second-order valence-electron chi connectivity index (χ2n) is 11.8. The highest BCUT2D eigenvalue weighted by atomic mass is 35.5. The predicted octanol–water partition coefficient (Wildman–Crippen LogP) is 4.33. The van der Waals surface area contributed by atoms with Crippen LogP contribution in [0.25, 0.3) is 10.8 Å². The van der Waals surface area contributed by atoms with Crippen molar-refractivity contribution in [3.05, 3.63) is 77.9 Å². The summed E-state index contributed by atoms with van der Waals surface area (Å²) < 4.78 is 0. The Morgan fingerprint density at radius 3 is 2.45 bits per heavy atom. The molecule has 9 heteroatoms. The maximum Gasteiger partial charge on any atom is 0.243 e. The molecule has 0 aliphatic carbocycles. The first-order valence-electron chi connectivity index (χ1n) is 14.5. The smallest absolute Gasteiger partial charge is 0.243 e. The lowest BCUT2D eigenvalue weighted by Crippen LogP contribution is -2.55. The Morgan fingerprint density at radius 2 is 1.71 bits per heavy atom. The second-order valence-corrected chi connectivity index (χ2v) is 11.8. The van der Waals surface area contributed by atoms with Crippen LogP contribution in [0.1, 0.15) is 51.2 Å². The zero-order chi connectivity index (χ0) is 29.4. The monoisotopic (exact) mass is 594 g/mol. The second kappa shape index (κ2) is 15.0. The first kappa shape index (κ1) is 32.9. The van der Waals surface area contributed by atoms with Gasteiger partial charge in [-0.25, -0.2) is 0 Å². The zero-order valence-corrected chi connectivity index (χ0v) is 25.5. The fourth-order valence-electron chi connectivity index (χ4n) is 5.24. The summed E-state index contributed by atoms with van der Waals surface area (Å²) in [6.07, 6.45) is 2.40. The minimum absolute atomic E-state index is 0. The van der Waals surface area contributed by atoms with Crippen LogP contribution in [0.15, 0.2) is 66.7 Å². The van der Waals surface area contributed by atoms with E-state index in [0.29, 0.717) is 45.4 Å². The number of phenols is 1. The van der Waals surface area contributed by atoms with Crippen molar-refractivity contribution in [2.24, 2.45) is 5.41 Å². The molecule has 0 aromatic heterocycles. The molecule has 1 fully saturated rings. The van der Waals surface area contributed by atoms with Crippen molar-refractivity contribution in [2.45, 2.75) is 65.1 Å². The van der Waals surface area contributed by atoms with Crippen LogP contribution in [0.2, 0.25) is 0 Å². The lowest BCUT2D eigenvalue weighted by Gasteiger charge is -2.31. The Balaban J connectivity index is 0.00000484. The molecule has 1 saturated heterocycles. The number of rotatable bonds is 11. The molecule has 3 amide bonds. The number of amides is 3. The van der Waals surface area contributed by atoms with Crippen LogP contribution in [0.3, 0.4) is 0 Å².